The van der Waals surface area contributed by atoms with Crippen molar-refractivity contribution in [3.63, 3.8) is 0 Å². The Morgan fingerprint density at radius 3 is 1.98 bits per heavy atom. The number of halogens is 3. The Morgan fingerprint density at radius 1 is 0.859 bits per heavy atom. The van der Waals surface area contributed by atoms with Crippen molar-refractivity contribution in [2.24, 2.45) is 0 Å². The largest absolute Gasteiger partial charge is 0.497 e. The number of nitrogens with one attached hydrogen (secondary N) is 1. The second-order valence-corrected chi connectivity index (χ2v) is 17.1. The number of imidazole rings is 1. The normalized spacial score (nSPS) is 17.3. The molecule has 6 aromatic rings. The summed E-state index contributed by atoms with van der Waals surface area (Å²) in [6, 6.07) is 31.8. The maximum absolute atomic E-state index is 13.8. The number of fused-ring (bicyclic) bond motifs is 1. The molecule has 64 heavy (non-hydrogen) atoms. The van der Waals surface area contributed by atoms with E-state index in [0.29, 0.717) is 22.6 Å². The van der Waals surface area contributed by atoms with E-state index in [-0.39, 0.29) is 49.6 Å². The number of H-pyrrole nitrogens is 1. The minimum absolute atomic E-state index is 0.00496. The molecule has 1 aliphatic heterocycles. The Morgan fingerprint density at radius 2 is 1.44 bits per heavy atom. The first kappa shape index (κ1) is 46.3. The third kappa shape index (κ3) is 10.0. The first-order valence-corrected chi connectivity index (χ1v) is 21.9. The third-order valence-corrected chi connectivity index (χ3v) is 13.1. The Hall–Kier alpha value is -5.66. The van der Waals surface area contributed by atoms with Crippen LogP contribution in [-0.2, 0) is 30.3 Å². The van der Waals surface area contributed by atoms with Crippen LogP contribution in [-0.4, -0.2) is 75.9 Å². The fourth-order valence-corrected chi connectivity index (χ4v) is 9.64. The van der Waals surface area contributed by atoms with E-state index in [4.69, 9.17) is 28.0 Å². The van der Waals surface area contributed by atoms with E-state index in [2.05, 4.69) is 25.7 Å². The molecule has 1 N–H and O–H groups in total. The van der Waals surface area contributed by atoms with Gasteiger partial charge in [-0.2, -0.15) is 23.4 Å². The van der Waals surface area contributed by atoms with Crippen molar-refractivity contribution >= 4 is 19.7 Å². The molecule has 4 aromatic carbocycles. The lowest BCUT2D eigenvalue weighted by molar-refractivity contribution is -0.137. The number of aromatic nitrogens is 4. The van der Waals surface area contributed by atoms with E-state index < -0.39 is 50.0 Å². The standard InChI is InChI=1S/C47H50F3N6O7P/c1-30(2)56(31(3)4)64(61-26-10-25-51)63-40-27-42(55-28-39-44(54-45(55)57)53-43(52-39)32-13-15-36(16-14-32)47(48,49)50)62-41(40)29-60-46(33-11-8-7-9-12-33,34-17-21-37(58-5)22-18-34)35-19-23-38(59-6)24-20-35/h7-9,11-24,28,30-31,40-42H,10,26-27,29H2,1-6H3,(H,52,53,54,57)/t40-,41+,42+,64?/m0/s1. The van der Waals surface area contributed by atoms with Gasteiger partial charge in [0.2, 0.25) is 0 Å². The summed E-state index contributed by atoms with van der Waals surface area (Å²) in [5.41, 5.74) is 0.625. The number of alkyl halides is 3. The van der Waals surface area contributed by atoms with Gasteiger partial charge in [-0.1, -0.05) is 66.7 Å². The van der Waals surface area contributed by atoms with Gasteiger partial charge in [-0.15, -0.1) is 0 Å². The van der Waals surface area contributed by atoms with E-state index >= 15 is 0 Å². The monoisotopic (exact) mass is 898 g/mol. The predicted octanol–water partition coefficient (Wildman–Crippen LogP) is 9.78. The molecule has 0 saturated carbocycles. The number of aromatic amines is 1. The molecule has 7 rings (SSSR count). The van der Waals surface area contributed by atoms with Gasteiger partial charge in [-0.25, -0.2) is 14.4 Å². The molecule has 1 unspecified atom stereocenters. The summed E-state index contributed by atoms with van der Waals surface area (Å²) < 4.78 is 81.8. The molecule has 336 valence electrons. The quantitative estimate of drug-likeness (QED) is 0.0500. The van der Waals surface area contributed by atoms with Crippen LogP contribution < -0.4 is 15.2 Å². The zero-order chi connectivity index (χ0) is 45.6. The van der Waals surface area contributed by atoms with Crippen LogP contribution in [0.1, 0.15) is 69.0 Å². The smallest absolute Gasteiger partial charge is 0.416 e. The molecular weight excluding hydrogens is 849 g/mol. The van der Waals surface area contributed by atoms with E-state index in [1.165, 1.54) is 16.7 Å². The highest BCUT2D eigenvalue weighted by molar-refractivity contribution is 7.44. The number of methoxy groups -OCH3 is 2. The van der Waals surface area contributed by atoms with Crippen LogP contribution in [0.15, 0.2) is 114 Å². The summed E-state index contributed by atoms with van der Waals surface area (Å²) >= 11 is 0. The van der Waals surface area contributed by atoms with Crippen molar-refractivity contribution in [2.45, 2.75) is 82.8 Å². The van der Waals surface area contributed by atoms with Crippen LogP contribution in [0.25, 0.3) is 22.6 Å². The van der Waals surface area contributed by atoms with Crippen LogP contribution in [0, 0.1) is 11.3 Å². The summed E-state index contributed by atoms with van der Waals surface area (Å²) in [5, 5.41) is 9.40. The van der Waals surface area contributed by atoms with Gasteiger partial charge in [0, 0.05) is 30.3 Å². The number of rotatable bonds is 18. The number of benzene rings is 4. The lowest BCUT2D eigenvalue weighted by atomic mass is 9.80. The van der Waals surface area contributed by atoms with Gasteiger partial charge in [0.15, 0.2) is 5.65 Å². The molecule has 1 aliphatic rings. The number of nitrogens with zero attached hydrogens (tertiary/aromatic N) is 5. The van der Waals surface area contributed by atoms with Crippen LogP contribution in [0.3, 0.4) is 0 Å². The Bertz CT molecular complexity index is 2510. The minimum atomic E-state index is -4.50. The van der Waals surface area contributed by atoms with Gasteiger partial charge in [-0.3, -0.25) is 4.57 Å². The lowest BCUT2D eigenvalue weighted by Gasteiger charge is -2.39. The lowest BCUT2D eigenvalue weighted by Crippen LogP contribution is -2.39. The summed E-state index contributed by atoms with van der Waals surface area (Å²) in [6.45, 7) is 8.28. The SMILES string of the molecule is COc1ccc(C(OC[C@H]2O[C@@H](n3cc4[nH]c(-c5ccc(C(F)(F)F)cc5)nc4nc3=O)C[C@@H]2OP(OCCC#N)N(C(C)C)C(C)C)(c2ccccc2)c2ccc(OC)cc2)cc1. The summed E-state index contributed by atoms with van der Waals surface area (Å²) in [7, 11) is 1.45. The molecule has 4 atom stereocenters. The molecule has 17 heteroatoms. The van der Waals surface area contributed by atoms with Gasteiger partial charge in [0.1, 0.15) is 40.8 Å². The summed E-state index contributed by atoms with van der Waals surface area (Å²) in [5.74, 6) is 1.57. The Kier molecular flexibility index (Phi) is 14.5. The highest BCUT2D eigenvalue weighted by atomic mass is 31.2. The van der Waals surface area contributed by atoms with Gasteiger partial charge in [-0.05, 0) is 80.8 Å². The summed E-state index contributed by atoms with van der Waals surface area (Å²) in [6.07, 6.45) is -5.02. The van der Waals surface area contributed by atoms with Crippen molar-refractivity contribution in [3.05, 3.63) is 142 Å². The first-order valence-electron chi connectivity index (χ1n) is 20.8. The zero-order valence-corrected chi connectivity index (χ0v) is 37.2. The molecule has 1 fully saturated rings. The van der Waals surface area contributed by atoms with Gasteiger partial charge >= 0.3 is 11.9 Å². The minimum Gasteiger partial charge on any atom is -0.497 e. The van der Waals surface area contributed by atoms with Crippen LogP contribution in [0.5, 0.6) is 11.5 Å². The average Bonchev–Trinajstić information content (AvgIpc) is 3.90. The average molecular weight is 899 g/mol. The number of ether oxygens (including phenoxy) is 4. The molecule has 0 aliphatic carbocycles. The second-order valence-electron chi connectivity index (χ2n) is 15.7. The third-order valence-electron chi connectivity index (χ3n) is 10.9. The van der Waals surface area contributed by atoms with Gasteiger partial charge in [0.05, 0.1) is 51.6 Å². The van der Waals surface area contributed by atoms with E-state index in [1.54, 1.807) is 20.4 Å². The van der Waals surface area contributed by atoms with Crippen LogP contribution in [0.2, 0.25) is 0 Å². The van der Waals surface area contributed by atoms with Crippen molar-refractivity contribution in [2.75, 3.05) is 27.4 Å². The van der Waals surface area contributed by atoms with E-state index in [9.17, 15) is 23.2 Å². The topological polar surface area (TPSA) is 146 Å². The highest BCUT2D eigenvalue weighted by Crippen LogP contribution is 2.51. The fourth-order valence-electron chi connectivity index (χ4n) is 7.88. The number of hydrogen-bond acceptors (Lipinski definition) is 11. The molecule has 0 spiro atoms. The Balaban J connectivity index is 1.29. The first-order chi connectivity index (χ1) is 30.7. The fraction of sp³-hybridized carbons (Fsp3) is 0.362. The molecule has 1 saturated heterocycles. The zero-order valence-electron chi connectivity index (χ0n) is 36.3. The second kappa shape index (κ2) is 20.0. The van der Waals surface area contributed by atoms with Crippen LogP contribution >= 0.6 is 8.53 Å². The van der Waals surface area contributed by atoms with E-state index in [0.717, 1.165) is 28.8 Å². The molecule has 0 radical (unpaired) electrons. The molecule has 2 aromatic heterocycles. The van der Waals surface area contributed by atoms with Crippen molar-refractivity contribution < 1.29 is 41.2 Å². The van der Waals surface area contributed by atoms with Crippen molar-refractivity contribution in [1.82, 2.24) is 24.2 Å². The van der Waals surface area contributed by atoms with Crippen LogP contribution in [0.4, 0.5) is 13.2 Å². The predicted molar refractivity (Wildman–Crippen MR) is 235 cm³/mol. The molecule has 0 amide bonds. The molecule has 3 heterocycles. The molecule has 0 bridgehead atoms. The summed E-state index contributed by atoms with van der Waals surface area (Å²) in [4.78, 5) is 25.6. The maximum atomic E-state index is 13.8. The van der Waals surface area contributed by atoms with Gasteiger partial charge in [0.25, 0.3) is 8.53 Å². The molecular formula is C47H50F3N6O7P. The number of hydrogen-bond donors (Lipinski definition) is 1. The van der Waals surface area contributed by atoms with Gasteiger partial charge < -0.3 is 33.0 Å². The molecule has 13 nitrogen and oxygen atoms in total. The number of nitriles is 1. The van der Waals surface area contributed by atoms with Crippen molar-refractivity contribution in [3.8, 4) is 29.0 Å². The Labute approximate surface area is 370 Å². The van der Waals surface area contributed by atoms with Crippen molar-refractivity contribution in [1.29, 1.82) is 5.26 Å². The van der Waals surface area contributed by atoms with E-state index in [1.807, 2.05) is 107 Å². The highest BCUT2D eigenvalue weighted by Gasteiger charge is 2.45. The maximum Gasteiger partial charge on any atom is 0.416 e.